The summed E-state index contributed by atoms with van der Waals surface area (Å²) in [5.74, 6) is -0.153. The number of anilines is 1. The zero-order valence-corrected chi connectivity index (χ0v) is 22.8. The van der Waals surface area contributed by atoms with Gasteiger partial charge in [-0.25, -0.2) is 13.1 Å². The summed E-state index contributed by atoms with van der Waals surface area (Å²) in [6, 6.07) is 10.4. The third kappa shape index (κ3) is 5.03. The predicted molar refractivity (Wildman–Crippen MR) is 139 cm³/mol. The number of carbonyl (C=O) groups is 1. The molecule has 1 N–H and O–H groups in total. The van der Waals surface area contributed by atoms with Crippen molar-refractivity contribution >= 4 is 21.6 Å². The number of amides is 1. The van der Waals surface area contributed by atoms with Crippen molar-refractivity contribution in [2.75, 3.05) is 11.4 Å². The molecule has 13 heteroatoms. The minimum absolute atomic E-state index is 0.250. The number of hydrogen-bond acceptors (Lipinski definition) is 7. The lowest BCUT2D eigenvalue weighted by Gasteiger charge is -2.27. The monoisotopic (exact) mass is 572 g/mol. The van der Waals surface area contributed by atoms with Gasteiger partial charge in [-0.3, -0.25) is 9.78 Å². The van der Waals surface area contributed by atoms with Gasteiger partial charge in [-0.15, -0.1) is 0 Å². The molecule has 0 spiro atoms. The Morgan fingerprint density at radius 2 is 1.75 bits per heavy atom. The molecule has 1 aromatic carbocycles. The number of carbonyl (C=O) groups excluding carboxylic acids is 1. The second kappa shape index (κ2) is 9.62. The van der Waals surface area contributed by atoms with Crippen LogP contribution in [0.1, 0.15) is 41.9 Å². The van der Waals surface area contributed by atoms with Crippen LogP contribution in [0.25, 0.3) is 5.69 Å². The molecule has 9 nitrogen and oxygen atoms in total. The fourth-order valence-corrected chi connectivity index (χ4v) is 7.09. The first kappa shape index (κ1) is 27.6. The van der Waals surface area contributed by atoms with Gasteiger partial charge in [0.2, 0.25) is 5.91 Å². The molecule has 0 radical (unpaired) electrons. The highest BCUT2D eigenvalue weighted by Crippen LogP contribution is 2.40. The van der Waals surface area contributed by atoms with Crippen molar-refractivity contribution < 1.29 is 26.4 Å². The Bertz CT molecular complexity index is 1620. The summed E-state index contributed by atoms with van der Waals surface area (Å²) in [5.41, 5.74) is 0.400. The Morgan fingerprint density at radius 3 is 2.35 bits per heavy atom. The van der Waals surface area contributed by atoms with E-state index in [2.05, 4.69) is 21.5 Å². The number of halogens is 3. The molecule has 210 valence electrons. The van der Waals surface area contributed by atoms with Crippen molar-refractivity contribution in [1.82, 2.24) is 20.1 Å². The number of nitriles is 1. The van der Waals surface area contributed by atoms with Crippen LogP contribution < -0.4 is 10.2 Å². The summed E-state index contributed by atoms with van der Waals surface area (Å²) in [6.07, 6.45) is -4.21. The average molecular weight is 573 g/mol. The Kier molecular flexibility index (Phi) is 6.65. The van der Waals surface area contributed by atoms with Crippen molar-refractivity contribution in [1.29, 1.82) is 5.26 Å². The first-order chi connectivity index (χ1) is 18.7. The maximum atomic E-state index is 13.8. The standard InChI is InChI=1S/C27H27F3N6O3S/c1-16-10-19(11-17(2)32-16)36-24(12-18(3)34-36)35-14-20(13-22(35)25(37)33-26(15-31)8-9-26)40(38,39)23-7-5-4-6-21(23)27(28,29)30/h4-7,10-12,20,22H,8-9,13-14H2,1-3H3,(H,33,37)/t20-,22+/m1/s1. The van der Waals surface area contributed by atoms with Crippen molar-refractivity contribution in [3.8, 4) is 11.8 Å². The molecule has 2 fully saturated rings. The molecule has 1 saturated carbocycles. The SMILES string of the molecule is Cc1cc(-n2nc(C)cc2N2C[C@H](S(=O)(=O)c3ccccc3C(F)(F)F)C[C@H]2C(=O)NC2(C#N)CC2)cc(C)n1. The van der Waals surface area contributed by atoms with Gasteiger partial charge in [-0.1, -0.05) is 12.1 Å². The molecule has 40 heavy (non-hydrogen) atoms. The van der Waals surface area contributed by atoms with E-state index in [0.717, 1.165) is 29.6 Å². The molecule has 3 heterocycles. The first-order valence-electron chi connectivity index (χ1n) is 12.7. The molecule has 5 rings (SSSR count). The van der Waals surface area contributed by atoms with Crippen LogP contribution in [0.15, 0.2) is 47.4 Å². The van der Waals surface area contributed by atoms with Crippen LogP contribution in [-0.2, 0) is 20.8 Å². The number of nitrogens with zero attached hydrogens (tertiary/aromatic N) is 5. The van der Waals surface area contributed by atoms with Gasteiger partial charge in [-0.05, 0) is 64.3 Å². The molecule has 1 aliphatic carbocycles. The van der Waals surface area contributed by atoms with Gasteiger partial charge in [0.15, 0.2) is 9.84 Å². The van der Waals surface area contributed by atoms with E-state index in [0.29, 0.717) is 30.0 Å². The van der Waals surface area contributed by atoms with Crippen LogP contribution in [0.2, 0.25) is 0 Å². The lowest BCUT2D eigenvalue weighted by atomic mass is 10.1. The quantitative estimate of drug-likeness (QED) is 0.477. The lowest BCUT2D eigenvalue weighted by Crippen LogP contribution is -2.48. The van der Waals surface area contributed by atoms with Crippen molar-refractivity contribution in [2.24, 2.45) is 0 Å². The van der Waals surface area contributed by atoms with Gasteiger partial charge in [-0.2, -0.15) is 23.5 Å². The van der Waals surface area contributed by atoms with Crippen molar-refractivity contribution in [2.45, 2.75) is 67.9 Å². The van der Waals surface area contributed by atoms with E-state index in [1.54, 1.807) is 34.7 Å². The maximum Gasteiger partial charge on any atom is 0.417 e. The molecule has 0 bridgehead atoms. The topological polar surface area (TPSA) is 121 Å². The third-order valence-electron chi connectivity index (χ3n) is 7.25. The van der Waals surface area contributed by atoms with Crippen LogP contribution in [0.5, 0.6) is 0 Å². The van der Waals surface area contributed by atoms with Crippen LogP contribution in [0.4, 0.5) is 19.0 Å². The van der Waals surface area contributed by atoms with Gasteiger partial charge in [0, 0.05) is 24.0 Å². The smallest absolute Gasteiger partial charge is 0.343 e. The molecule has 1 aliphatic heterocycles. The summed E-state index contributed by atoms with van der Waals surface area (Å²) in [6.45, 7) is 5.13. The number of alkyl halides is 3. The number of pyridine rings is 1. The van der Waals surface area contributed by atoms with E-state index < -0.39 is 49.2 Å². The number of aromatic nitrogens is 3. The molecular formula is C27H27F3N6O3S. The Morgan fingerprint density at radius 1 is 1.10 bits per heavy atom. The predicted octanol–water partition coefficient (Wildman–Crippen LogP) is 3.80. The zero-order valence-electron chi connectivity index (χ0n) is 22.0. The number of sulfone groups is 1. The van der Waals surface area contributed by atoms with Crippen molar-refractivity contribution in [3.05, 3.63) is 65.1 Å². The van der Waals surface area contributed by atoms with Gasteiger partial charge in [0.25, 0.3) is 0 Å². The highest BCUT2D eigenvalue weighted by molar-refractivity contribution is 7.92. The van der Waals surface area contributed by atoms with E-state index in [1.807, 2.05) is 13.8 Å². The molecule has 3 aromatic rings. The maximum absolute atomic E-state index is 13.8. The second-order valence-electron chi connectivity index (χ2n) is 10.4. The highest BCUT2D eigenvalue weighted by atomic mass is 32.2. The van der Waals surface area contributed by atoms with Crippen LogP contribution in [0, 0.1) is 32.1 Å². The molecule has 2 aliphatic rings. The van der Waals surface area contributed by atoms with E-state index in [-0.39, 0.29) is 13.0 Å². The number of aryl methyl sites for hydroxylation is 3. The minimum atomic E-state index is -4.88. The van der Waals surface area contributed by atoms with Crippen molar-refractivity contribution in [3.63, 3.8) is 0 Å². The molecule has 2 atom stereocenters. The Labute approximate surface area is 229 Å². The first-order valence-corrected chi connectivity index (χ1v) is 14.2. The van der Waals surface area contributed by atoms with E-state index in [4.69, 9.17) is 0 Å². The van der Waals surface area contributed by atoms with E-state index in [9.17, 15) is 31.6 Å². The van der Waals surface area contributed by atoms with Crippen LogP contribution >= 0.6 is 0 Å². The van der Waals surface area contributed by atoms with Gasteiger partial charge in [0.1, 0.15) is 17.4 Å². The Balaban J connectivity index is 1.59. The lowest BCUT2D eigenvalue weighted by molar-refractivity contribution is -0.139. The number of benzene rings is 1. The molecule has 1 amide bonds. The normalized spacial score (nSPS) is 20.3. The average Bonchev–Trinajstić information content (AvgIpc) is 3.31. The number of nitrogens with one attached hydrogen (secondary N) is 1. The minimum Gasteiger partial charge on any atom is -0.343 e. The van der Waals surface area contributed by atoms with Gasteiger partial charge in [0.05, 0.1) is 33.2 Å². The summed E-state index contributed by atoms with van der Waals surface area (Å²) in [4.78, 5) is 18.6. The third-order valence-corrected chi connectivity index (χ3v) is 9.44. The molecule has 2 aromatic heterocycles. The zero-order chi connectivity index (χ0) is 29.0. The highest BCUT2D eigenvalue weighted by Gasteiger charge is 2.51. The second-order valence-corrected chi connectivity index (χ2v) is 12.6. The molecule has 1 saturated heterocycles. The van der Waals surface area contributed by atoms with Gasteiger partial charge >= 0.3 is 6.18 Å². The van der Waals surface area contributed by atoms with Gasteiger partial charge < -0.3 is 10.2 Å². The summed E-state index contributed by atoms with van der Waals surface area (Å²) in [5, 5.41) is 15.5. The Hall–Kier alpha value is -3.92. The molecular weight excluding hydrogens is 545 g/mol. The van der Waals surface area contributed by atoms with E-state index >= 15 is 0 Å². The largest absolute Gasteiger partial charge is 0.417 e. The number of rotatable bonds is 6. The fourth-order valence-electron chi connectivity index (χ4n) is 5.18. The van der Waals surface area contributed by atoms with Crippen LogP contribution in [-0.4, -0.2) is 52.5 Å². The summed E-state index contributed by atoms with van der Waals surface area (Å²) >= 11 is 0. The van der Waals surface area contributed by atoms with Crippen LogP contribution in [0.3, 0.4) is 0 Å². The summed E-state index contributed by atoms with van der Waals surface area (Å²) in [7, 11) is -4.52. The van der Waals surface area contributed by atoms with E-state index in [1.165, 1.54) is 6.07 Å². The summed E-state index contributed by atoms with van der Waals surface area (Å²) < 4.78 is 70.3. The number of hydrogen-bond donors (Lipinski definition) is 1. The molecule has 0 unspecified atom stereocenters. The fraction of sp³-hybridized carbons (Fsp3) is 0.407.